The molecule has 1 unspecified atom stereocenters. The molecule has 0 radical (unpaired) electrons. The highest BCUT2D eigenvalue weighted by Gasteiger charge is 2.21. The lowest BCUT2D eigenvalue weighted by molar-refractivity contribution is -0.138. The SMILES string of the molecule is CC[C@@H](O)C(Cl)C(=O)O. The molecule has 0 aromatic heterocycles. The Hall–Kier alpha value is -0.280. The summed E-state index contributed by atoms with van der Waals surface area (Å²) in [7, 11) is 0. The summed E-state index contributed by atoms with van der Waals surface area (Å²) in [5.41, 5.74) is 0. The molecule has 0 amide bonds. The molecule has 0 saturated carbocycles. The van der Waals surface area contributed by atoms with Crippen molar-refractivity contribution < 1.29 is 15.0 Å². The van der Waals surface area contributed by atoms with Gasteiger partial charge in [-0.3, -0.25) is 4.79 Å². The molecule has 0 spiro atoms. The van der Waals surface area contributed by atoms with Crippen molar-refractivity contribution in [2.75, 3.05) is 0 Å². The average Bonchev–Trinajstić information content (AvgIpc) is 1.84. The highest BCUT2D eigenvalue weighted by Crippen LogP contribution is 2.05. The maximum atomic E-state index is 10.0. The number of aliphatic hydroxyl groups excluding tert-OH is 1. The molecule has 9 heavy (non-hydrogen) atoms. The second-order valence-electron chi connectivity index (χ2n) is 1.72. The van der Waals surface area contributed by atoms with Crippen molar-refractivity contribution in [3.63, 3.8) is 0 Å². The van der Waals surface area contributed by atoms with Gasteiger partial charge in [0.15, 0.2) is 5.38 Å². The highest BCUT2D eigenvalue weighted by atomic mass is 35.5. The minimum absolute atomic E-state index is 0.362. The minimum atomic E-state index is -1.17. The van der Waals surface area contributed by atoms with Gasteiger partial charge in [0.05, 0.1) is 6.10 Å². The van der Waals surface area contributed by atoms with E-state index in [-0.39, 0.29) is 0 Å². The van der Waals surface area contributed by atoms with Gasteiger partial charge in [-0.1, -0.05) is 6.92 Å². The normalized spacial score (nSPS) is 16.8. The van der Waals surface area contributed by atoms with Gasteiger partial charge >= 0.3 is 5.97 Å². The molecular formula is C5H9ClO3. The summed E-state index contributed by atoms with van der Waals surface area (Å²) < 4.78 is 0. The highest BCUT2D eigenvalue weighted by molar-refractivity contribution is 6.30. The van der Waals surface area contributed by atoms with Crippen LogP contribution in [0.15, 0.2) is 0 Å². The molecule has 0 aliphatic carbocycles. The van der Waals surface area contributed by atoms with Gasteiger partial charge < -0.3 is 10.2 Å². The maximum Gasteiger partial charge on any atom is 0.324 e. The Labute approximate surface area is 58.3 Å². The molecule has 0 rings (SSSR count). The van der Waals surface area contributed by atoms with Crippen molar-refractivity contribution in [2.45, 2.75) is 24.8 Å². The summed E-state index contributed by atoms with van der Waals surface area (Å²) in [5.74, 6) is -1.17. The Kier molecular flexibility index (Phi) is 3.58. The first-order valence-electron chi connectivity index (χ1n) is 2.64. The molecular weight excluding hydrogens is 144 g/mol. The van der Waals surface area contributed by atoms with Crippen LogP contribution < -0.4 is 0 Å². The van der Waals surface area contributed by atoms with Crippen molar-refractivity contribution in [3.05, 3.63) is 0 Å². The van der Waals surface area contributed by atoms with Gasteiger partial charge in [0, 0.05) is 0 Å². The number of rotatable bonds is 3. The summed E-state index contributed by atoms with van der Waals surface area (Å²) in [6, 6.07) is 0. The van der Waals surface area contributed by atoms with Gasteiger partial charge in [-0.2, -0.15) is 0 Å². The first-order valence-corrected chi connectivity index (χ1v) is 3.08. The predicted molar refractivity (Wildman–Crippen MR) is 33.6 cm³/mol. The van der Waals surface area contributed by atoms with E-state index in [1.165, 1.54) is 0 Å². The van der Waals surface area contributed by atoms with E-state index in [9.17, 15) is 4.79 Å². The number of hydrogen-bond donors (Lipinski definition) is 2. The molecule has 0 heterocycles. The Morgan fingerprint density at radius 3 is 2.33 bits per heavy atom. The molecule has 0 aliphatic heterocycles. The fraction of sp³-hybridized carbons (Fsp3) is 0.800. The van der Waals surface area contributed by atoms with E-state index in [0.717, 1.165) is 0 Å². The average molecular weight is 153 g/mol. The zero-order chi connectivity index (χ0) is 7.44. The first-order chi connectivity index (χ1) is 4.09. The predicted octanol–water partition coefficient (Wildman–Crippen LogP) is 0.449. The smallest absolute Gasteiger partial charge is 0.324 e. The molecule has 0 bridgehead atoms. The molecule has 0 aliphatic rings. The second kappa shape index (κ2) is 3.69. The van der Waals surface area contributed by atoms with Crippen molar-refractivity contribution in [1.82, 2.24) is 0 Å². The fourth-order valence-corrected chi connectivity index (χ4v) is 0.550. The zero-order valence-corrected chi connectivity index (χ0v) is 5.80. The monoisotopic (exact) mass is 152 g/mol. The van der Waals surface area contributed by atoms with Crippen molar-refractivity contribution >= 4 is 17.6 Å². The number of halogens is 1. The van der Waals surface area contributed by atoms with Gasteiger partial charge in [0.1, 0.15) is 0 Å². The summed E-state index contributed by atoms with van der Waals surface area (Å²) in [6.07, 6.45) is -0.579. The van der Waals surface area contributed by atoms with Crippen LogP contribution in [0, 0.1) is 0 Å². The maximum absolute atomic E-state index is 10.0. The zero-order valence-electron chi connectivity index (χ0n) is 5.04. The molecule has 3 nitrogen and oxygen atoms in total. The van der Waals surface area contributed by atoms with Crippen LogP contribution in [0.4, 0.5) is 0 Å². The molecule has 0 aromatic rings. The lowest BCUT2D eigenvalue weighted by Gasteiger charge is -2.08. The summed E-state index contributed by atoms with van der Waals surface area (Å²) >= 11 is 5.22. The van der Waals surface area contributed by atoms with E-state index in [2.05, 4.69) is 0 Å². The van der Waals surface area contributed by atoms with Crippen molar-refractivity contribution in [2.24, 2.45) is 0 Å². The van der Waals surface area contributed by atoms with Crippen LogP contribution in [0.1, 0.15) is 13.3 Å². The van der Waals surface area contributed by atoms with E-state index < -0.39 is 17.5 Å². The van der Waals surface area contributed by atoms with Crippen LogP contribution in [0.5, 0.6) is 0 Å². The first kappa shape index (κ1) is 8.72. The fourth-order valence-electron chi connectivity index (χ4n) is 0.372. The molecule has 54 valence electrons. The molecule has 0 fully saturated rings. The van der Waals surface area contributed by atoms with Crippen LogP contribution in [0.3, 0.4) is 0 Å². The lowest BCUT2D eigenvalue weighted by atomic mass is 10.2. The molecule has 2 atom stereocenters. The van der Waals surface area contributed by atoms with Crippen LogP contribution in [-0.2, 0) is 4.79 Å². The van der Waals surface area contributed by atoms with Crippen LogP contribution in [0.2, 0.25) is 0 Å². The third kappa shape index (κ3) is 2.67. The van der Waals surface area contributed by atoms with Crippen LogP contribution in [0.25, 0.3) is 0 Å². The Balaban J connectivity index is 3.72. The van der Waals surface area contributed by atoms with Crippen molar-refractivity contribution in [3.8, 4) is 0 Å². The lowest BCUT2D eigenvalue weighted by Crippen LogP contribution is -2.27. The van der Waals surface area contributed by atoms with Crippen LogP contribution >= 0.6 is 11.6 Å². The van der Waals surface area contributed by atoms with Gasteiger partial charge in [-0.05, 0) is 6.42 Å². The summed E-state index contributed by atoms with van der Waals surface area (Å²) in [5, 5.41) is 15.8. The minimum Gasteiger partial charge on any atom is -0.480 e. The number of alkyl halides is 1. The quantitative estimate of drug-likeness (QED) is 0.578. The summed E-state index contributed by atoms with van der Waals surface area (Å²) in [4.78, 5) is 10.0. The number of aliphatic carboxylic acids is 1. The number of carboxylic acid groups (broad SMARTS) is 1. The van der Waals surface area contributed by atoms with Gasteiger partial charge in [-0.15, -0.1) is 11.6 Å². The summed E-state index contributed by atoms with van der Waals surface area (Å²) in [6.45, 7) is 1.67. The number of carboxylic acids is 1. The second-order valence-corrected chi connectivity index (χ2v) is 2.19. The topological polar surface area (TPSA) is 57.5 Å². The Morgan fingerprint density at radius 1 is 1.78 bits per heavy atom. The number of carbonyl (C=O) groups is 1. The third-order valence-electron chi connectivity index (χ3n) is 0.992. The molecule has 4 heteroatoms. The van der Waals surface area contributed by atoms with Gasteiger partial charge in [0.2, 0.25) is 0 Å². The van der Waals surface area contributed by atoms with E-state index >= 15 is 0 Å². The number of aliphatic hydroxyl groups is 1. The number of hydrogen-bond acceptors (Lipinski definition) is 2. The molecule has 2 N–H and O–H groups in total. The van der Waals surface area contributed by atoms with E-state index in [4.69, 9.17) is 21.8 Å². The van der Waals surface area contributed by atoms with E-state index in [1.54, 1.807) is 6.92 Å². The largest absolute Gasteiger partial charge is 0.480 e. The van der Waals surface area contributed by atoms with Gasteiger partial charge in [0.25, 0.3) is 0 Å². The van der Waals surface area contributed by atoms with Crippen molar-refractivity contribution in [1.29, 1.82) is 0 Å². The van der Waals surface area contributed by atoms with E-state index in [0.29, 0.717) is 6.42 Å². The Bertz CT molecular complexity index is 104. The molecule has 0 aromatic carbocycles. The third-order valence-corrected chi connectivity index (χ3v) is 1.47. The van der Waals surface area contributed by atoms with Crippen LogP contribution in [-0.4, -0.2) is 27.7 Å². The standard InChI is InChI=1S/C5H9ClO3/c1-2-3(7)4(6)5(8)9/h3-4,7H,2H2,1H3,(H,8,9)/t3-,4?/m1/s1. The molecule has 0 saturated heterocycles. The van der Waals surface area contributed by atoms with E-state index in [1.807, 2.05) is 0 Å². The van der Waals surface area contributed by atoms with Gasteiger partial charge in [-0.25, -0.2) is 0 Å². The Morgan fingerprint density at radius 2 is 2.22 bits per heavy atom.